The van der Waals surface area contributed by atoms with Crippen molar-refractivity contribution in [2.24, 2.45) is 11.3 Å². The van der Waals surface area contributed by atoms with E-state index in [1.165, 1.54) is 37.7 Å². The number of hydrogen-bond acceptors (Lipinski definition) is 4. The summed E-state index contributed by atoms with van der Waals surface area (Å²) in [5.41, 5.74) is 0.534. The smallest absolute Gasteiger partial charge is 0.350 e. The highest BCUT2D eigenvalue weighted by atomic mass is 79.9. The Labute approximate surface area is 186 Å². The molecule has 2 fully saturated rings. The quantitative estimate of drug-likeness (QED) is 0.314. The highest BCUT2D eigenvalue weighted by molar-refractivity contribution is 9.10. The van der Waals surface area contributed by atoms with E-state index in [0.717, 1.165) is 30.6 Å². The van der Waals surface area contributed by atoms with Crippen LogP contribution in [0.5, 0.6) is 0 Å². The van der Waals surface area contributed by atoms with Gasteiger partial charge in [-0.2, -0.15) is 0 Å². The fourth-order valence-electron chi connectivity index (χ4n) is 4.26. The van der Waals surface area contributed by atoms with E-state index < -0.39 is 5.97 Å². The Bertz CT molecular complexity index is 823. The van der Waals surface area contributed by atoms with Crippen LogP contribution in [0.15, 0.2) is 6.07 Å². The lowest BCUT2D eigenvalue weighted by Gasteiger charge is -2.43. The number of methoxy groups -OCH3 is 1. The number of hydrogen-bond donors (Lipinski definition) is 0. The number of esters is 1. The number of piperidine rings is 1. The van der Waals surface area contributed by atoms with Crippen LogP contribution in [0.1, 0.15) is 80.3 Å². The molecule has 1 aromatic heterocycles. The second-order valence-electron chi connectivity index (χ2n) is 9.04. The second-order valence-corrected chi connectivity index (χ2v) is 11.2. The molecule has 6 heteroatoms. The van der Waals surface area contributed by atoms with Crippen molar-refractivity contribution < 1.29 is 14.3 Å². The first kappa shape index (κ1) is 22.4. The van der Waals surface area contributed by atoms with Crippen molar-refractivity contribution in [3.05, 3.63) is 15.8 Å². The summed E-state index contributed by atoms with van der Waals surface area (Å²) in [6, 6.07) is 2.05. The molecule has 0 aromatic carbocycles. The van der Waals surface area contributed by atoms with Crippen molar-refractivity contribution in [1.29, 1.82) is 0 Å². The molecule has 2 heterocycles. The molecule has 0 radical (unpaired) electrons. The van der Waals surface area contributed by atoms with Gasteiger partial charge in [-0.15, -0.1) is 11.3 Å². The van der Waals surface area contributed by atoms with Gasteiger partial charge < -0.3 is 9.64 Å². The summed E-state index contributed by atoms with van der Waals surface area (Å²) in [6.07, 6.45) is 7.80. The number of anilines is 1. The Morgan fingerprint density at radius 1 is 1.21 bits per heavy atom. The van der Waals surface area contributed by atoms with Gasteiger partial charge in [0.15, 0.2) is 0 Å². The van der Waals surface area contributed by atoms with E-state index in [1.54, 1.807) is 0 Å². The summed E-state index contributed by atoms with van der Waals surface area (Å²) >= 11 is 4.87. The number of rotatable bonds is 3. The molecule has 158 valence electrons. The molecule has 1 aliphatic heterocycles. The van der Waals surface area contributed by atoms with Crippen molar-refractivity contribution in [3.8, 4) is 11.8 Å². The van der Waals surface area contributed by atoms with Gasteiger partial charge in [0.2, 0.25) is 5.91 Å². The minimum absolute atomic E-state index is 0.0464. The molecule has 1 amide bonds. The van der Waals surface area contributed by atoms with Crippen molar-refractivity contribution in [2.75, 3.05) is 12.0 Å². The number of halogens is 1. The average Bonchev–Trinajstić information content (AvgIpc) is 3.12. The molecule has 1 saturated carbocycles. The van der Waals surface area contributed by atoms with E-state index in [1.807, 2.05) is 11.0 Å². The number of amides is 1. The summed E-state index contributed by atoms with van der Waals surface area (Å²) in [4.78, 5) is 28.8. The third-order valence-electron chi connectivity index (χ3n) is 5.65. The zero-order valence-electron chi connectivity index (χ0n) is 17.7. The van der Waals surface area contributed by atoms with Gasteiger partial charge in [-0.25, -0.2) is 4.79 Å². The summed E-state index contributed by atoms with van der Waals surface area (Å²) in [5.74, 6) is 6.56. The topological polar surface area (TPSA) is 46.6 Å². The Morgan fingerprint density at radius 3 is 2.52 bits per heavy atom. The first-order valence-electron chi connectivity index (χ1n) is 10.4. The summed E-state index contributed by atoms with van der Waals surface area (Å²) in [7, 11) is 1.39. The summed E-state index contributed by atoms with van der Waals surface area (Å²) < 4.78 is 5.04. The number of nitrogens with zero attached hydrogens (tertiary/aromatic N) is 1. The fourth-order valence-corrected chi connectivity index (χ4v) is 5.66. The van der Waals surface area contributed by atoms with E-state index in [9.17, 15) is 9.59 Å². The number of thiophene rings is 1. The number of carbonyl (C=O) groups excluding carboxylic acids is 2. The largest absolute Gasteiger partial charge is 0.465 e. The molecule has 1 aliphatic carbocycles. The van der Waals surface area contributed by atoms with Crippen LogP contribution in [-0.4, -0.2) is 29.9 Å². The van der Waals surface area contributed by atoms with Gasteiger partial charge in [0.1, 0.15) is 4.88 Å². The minimum Gasteiger partial charge on any atom is -0.465 e. The first-order chi connectivity index (χ1) is 13.7. The number of alkyl halides is 1. The van der Waals surface area contributed by atoms with E-state index >= 15 is 0 Å². The Morgan fingerprint density at radius 2 is 1.90 bits per heavy atom. The maximum Gasteiger partial charge on any atom is 0.350 e. The Hall–Kier alpha value is -1.32. The normalized spacial score (nSPS) is 23.5. The van der Waals surface area contributed by atoms with Gasteiger partial charge >= 0.3 is 5.97 Å². The standard InChI is InChI=1S/C23H30BrNO3S/c1-23(2,3)13-12-16-14-19(20(29-16)22(27)28-4)25-18(11-10-17(24)21(25)26)15-8-6-5-7-9-15/h14-15,17-18H,5-11H2,1-4H3/t17?,18-/m0/s1. The first-order valence-corrected chi connectivity index (χ1v) is 12.2. The SMILES string of the molecule is COC(=O)c1sc(C#CC(C)(C)C)cc1N1C(=O)C(Br)CC[C@H]1C1CCCCC1. The van der Waals surface area contributed by atoms with E-state index in [-0.39, 0.29) is 22.2 Å². The fraction of sp³-hybridized carbons (Fsp3) is 0.652. The van der Waals surface area contributed by atoms with Crippen molar-refractivity contribution in [1.82, 2.24) is 0 Å². The van der Waals surface area contributed by atoms with E-state index in [4.69, 9.17) is 4.74 Å². The van der Waals surface area contributed by atoms with Gasteiger partial charge in [-0.05, 0) is 58.4 Å². The highest BCUT2D eigenvalue weighted by Crippen LogP contribution is 2.41. The molecule has 2 atom stereocenters. The van der Waals surface area contributed by atoms with Crippen molar-refractivity contribution in [3.63, 3.8) is 0 Å². The monoisotopic (exact) mass is 479 g/mol. The molecule has 2 aliphatic rings. The average molecular weight is 480 g/mol. The zero-order valence-corrected chi connectivity index (χ0v) is 20.1. The van der Waals surface area contributed by atoms with E-state index in [2.05, 4.69) is 48.5 Å². The molecule has 0 bridgehead atoms. The van der Waals surface area contributed by atoms with Crippen LogP contribution in [0.2, 0.25) is 0 Å². The summed E-state index contributed by atoms with van der Waals surface area (Å²) in [5, 5.41) is 0. The predicted octanol–water partition coefficient (Wildman–Crippen LogP) is 5.77. The van der Waals surface area contributed by atoms with Crippen LogP contribution in [0.4, 0.5) is 5.69 Å². The number of ether oxygens (including phenoxy) is 1. The van der Waals surface area contributed by atoms with Gasteiger partial charge in [0.05, 0.1) is 22.5 Å². The molecule has 0 spiro atoms. The van der Waals surface area contributed by atoms with E-state index in [0.29, 0.717) is 16.5 Å². The predicted molar refractivity (Wildman–Crippen MR) is 122 cm³/mol. The van der Waals surface area contributed by atoms with Crippen LogP contribution >= 0.6 is 27.3 Å². The molecule has 1 saturated heterocycles. The Kier molecular flexibility index (Phi) is 7.11. The maximum absolute atomic E-state index is 13.3. The Balaban J connectivity index is 2.05. The lowest BCUT2D eigenvalue weighted by Crippen LogP contribution is -2.52. The van der Waals surface area contributed by atoms with Crippen LogP contribution in [-0.2, 0) is 9.53 Å². The third-order valence-corrected chi connectivity index (χ3v) is 7.52. The van der Waals surface area contributed by atoms with Crippen LogP contribution < -0.4 is 4.90 Å². The maximum atomic E-state index is 13.3. The van der Waals surface area contributed by atoms with Gasteiger partial charge in [-0.1, -0.05) is 47.0 Å². The molecule has 3 rings (SSSR count). The minimum atomic E-state index is -0.402. The second kappa shape index (κ2) is 9.22. The third kappa shape index (κ3) is 5.24. The molecular formula is C23H30BrNO3S. The molecule has 1 unspecified atom stereocenters. The molecular weight excluding hydrogens is 450 g/mol. The lowest BCUT2D eigenvalue weighted by molar-refractivity contribution is -0.120. The molecule has 0 N–H and O–H groups in total. The van der Waals surface area contributed by atoms with Crippen LogP contribution in [0, 0.1) is 23.2 Å². The van der Waals surface area contributed by atoms with Crippen molar-refractivity contribution >= 4 is 44.8 Å². The highest BCUT2D eigenvalue weighted by Gasteiger charge is 2.41. The number of carbonyl (C=O) groups is 2. The van der Waals surface area contributed by atoms with Gasteiger partial charge in [0.25, 0.3) is 0 Å². The van der Waals surface area contributed by atoms with Crippen LogP contribution in [0.25, 0.3) is 0 Å². The lowest BCUT2D eigenvalue weighted by atomic mass is 9.79. The van der Waals surface area contributed by atoms with Crippen molar-refractivity contribution in [2.45, 2.75) is 76.6 Å². The van der Waals surface area contributed by atoms with Crippen LogP contribution in [0.3, 0.4) is 0 Å². The molecule has 1 aromatic rings. The zero-order chi connectivity index (χ0) is 21.2. The van der Waals surface area contributed by atoms with Gasteiger partial charge in [-0.3, -0.25) is 4.79 Å². The molecule has 4 nitrogen and oxygen atoms in total. The molecule has 29 heavy (non-hydrogen) atoms. The summed E-state index contributed by atoms with van der Waals surface area (Å²) in [6.45, 7) is 6.16. The van der Waals surface area contributed by atoms with Gasteiger partial charge in [0, 0.05) is 11.5 Å².